The summed E-state index contributed by atoms with van der Waals surface area (Å²) < 4.78 is 1.98. The van der Waals surface area contributed by atoms with Crippen LogP contribution in [0, 0.1) is 17.2 Å². The van der Waals surface area contributed by atoms with Crippen molar-refractivity contribution in [3.05, 3.63) is 83.8 Å². The van der Waals surface area contributed by atoms with E-state index in [2.05, 4.69) is 56.2 Å². The van der Waals surface area contributed by atoms with Crippen molar-refractivity contribution in [3.8, 4) is 17.3 Å². The number of nitriles is 1. The van der Waals surface area contributed by atoms with Crippen LogP contribution in [0.3, 0.4) is 0 Å². The first-order valence-corrected chi connectivity index (χ1v) is 21.8. The molecule has 0 spiro atoms. The van der Waals surface area contributed by atoms with Crippen LogP contribution in [0.1, 0.15) is 110 Å². The van der Waals surface area contributed by atoms with Gasteiger partial charge in [-0.25, -0.2) is 4.98 Å². The number of unbranched alkanes of at least 4 members (excludes halogenated alkanes) is 2. The van der Waals surface area contributed by atoms with Crippen LogP contribution >= 0.6 is 0 Å². The Labute approximate surface area is 350 Å². The number of hydrogen-bond acceptors (Lipinski definition) is 10. The Bertz CT molecular complexity index is 2380. The number of carbonyl (C=O) groups is 3. The molecule has 6 heterocycles. The van der Waals surface area contributed by atoms with E-state index in [1.807, 2.05) is 47.5 Å². The minimum absolute atomic E-state index is 0.0834. The third-order valence-electron chi connectivity index (χ3n) is 13.1. The highest BCUT2D eigenvalue weighted by atomic mass is 16.2. The normalized spacial score (nSPS) is 19.4. The fourth-order valence-electron chi connectivity index (χ4n) is 9.85. The van der Waals surface area contributed by atoms with Crippen LogP contribution in [0.4, 0.5) is 17.3 Å². The Balaban J connectivity index is 0.727. The van der Waals surface area contributed by atoms with E-state index in [1.165, 1.54) is 18.4 Å². The van der Waals surface area contributed by atoms with Gasteiger partial charge in [-0.2, -0.15) is 15.3 Å². The van der Waals surface area contributed by atoms with Crippen LogP contribution in [0.5, 0.6) is 0 Å². The van der Waals surface area contributed by atoms with Crippen molar-refractivity contribution >= 4 is 46.1 Å². The minimum Gasteiger partial charge on any atom is -0.384 e. The number of imide groups is 1. The predicted octanol–water partition coefficient (Wildman–Crippen LogP) is 7.43. The maximum absolute atomic E-state index is 13.4. The van der Waals surface area contributed by atoms with Crippen LogP contribution in [-0.2, 0) is 16.1 Å². The molecule has 14 heteroatoms. The number of anilines is 3. The monoisotopic (exact) mass is 807 g/mol. The average molecular weight is 808 g/mol. The Morgan fingerprint density at radius 3 is 2.57 bits per heavy atom. The molecule has 60 heavy (non-hydrogen) atoms. The van der Waals surface area contributed by atoms with Gasteiger partial charge in [-0.3, -0.25) is 24.4 Å². The summed E-state index contributed by atoms with van der Waals surface area (Å²) in [4.78, 5) is 54.7. The summed E-state index contributed by atoms with van der Waals surface area (Å²) >= 11 is 0. The van der Waals surface area contributed by atoms with Gasteiger partial charge in [0.2, 0.25) is 17.8 Å². The van der Waals surface area contributed by atoms with E-state index in [0.29, 0.717) is 42.7 Å². The maximum atomic E-state index is 13.4. The second-order valence-corrected chi connectivity index (χ2v) is 16.9. The van der Waals surface area contributed by atoms with Gasteiger partial charge in [0, 0.05) is 54.2 Å². The number of nitrogens with zero attached hydrogens (tertiary/aromatic N) is 7. The molecular formula is C46H53N11O3. The van der Waals surface area contributed by atoms with Crippen LogP contribution in [0.2, 0.25) is 0 Å². The van der Waals surface area contributed by atoms with E-state index < -0.39 is 6.04 Å². The second-order valence-electron chi connectivity index (χ2n) is 16.9. The smallest absolute Gasteiger partial charge is 0.257 e. The molecule has 2 atom stereocenters. The molecule has 4 aliphatic rings. The zero-order chi connectivity index (χ0) is 41.0. The highest BCUT2D eigenvalue weighted by Crippen LogP contribution is 2.38. The van der Waals surface area contributed by atoms with Gasteiger partial charge in [0.15, 0.2) is 0 Å². The number of rotatable bonds is 15. The SMILES string of the molecule is N#CCC(C1CCCC1)n1cc(-c2nc(Nc3ccc(C4CCN(CCCCCNc5cccc6c5C(=O)N(C5CCC(=O)NC5=O)C6)CC4)cc3)nc3[nH]ccc23)cn1. The summed E-state index contributed by atoms with van der Waals surface area (Å²) in [6.07, 6.45) is 17.1. The number of fused-ring (bicyclic) bond motifs is 2. The number of nitrogens with one attached hydrogen (secondary N) is 4. The number of amides is 3. The summed E-state index contributed by atoms with van der Waals surface area (Å²) in [6.45, 7) is 4.43. The molecule has 4 N–H and O–H groups in total. The Kier molecular flexibility index (Phi) is 11.6. The van der Waals surface area contributed by atoms with Gasteiger partial charge in [-0.05, 0) is 112 Å². The van der Waals surface area contributed by atoms with E-state index in [9.17, 15) is 19.6 Å². The molecule has 5 aromatic rings. The van der Waals surface area contributed by atoms with Crippen LogP contribution < -0.4 is 16.0 Å². The summed E-state index contributed by atoms with van der Waals surface area (Å²) in [6, 6.07) is 18.4. The van der Waals surface area contributed by atoms with Crippen molar-refractivity contribution in [1.82, 2.24) is 39.8 Å². The first kappa shape index (κ1) is 39.4. The van der Waals surface area contributed by atoms with Crippen molar-refractivity contribution in [2.24, 2.45) is 5.92 Å². The van der Waals surface area contributed by atoms with Gasteiger partial charge in [0.05, 0.1) is 36.0 Å². The molecule has 310 valence electrons. The minimum atomic E-state index is -0.605. The fourth-order valence-corrected chi connectivity index (χ4v) is 9.85. The van der Waals surface area contributed by atoms with Gasteiger partial charge < -0.3 is 25.4 Å². The molecule has 9 rings (SSSR count). The molecule has 0 bridgehead atoms. The maximum Gasteiger partial charge on any atom is 0.257 e. The van der Waals surface area contributed by atoms with E-state index in [4.69, 9.17) is 15.1 Å². The molecular weight excluding hydrogens is 755 g/mol. The first-order chi connectivity index (χ1) is 29.4. The zero-order valence-electron chi connectivity index (χ0n) is 34.0. The Hall–Kier alpha value is -6.07. The standard InChI is InChI=1S/C46H53N11O3/c47-21-17-38(32-7-2-3-8-32)57-29-34(27-50-57)42-36-18-23-49-43(36)54-46(53-42)51-35-13-11-30(12-14-35)31-19-25-55(26-20-31)24-5-1-4-22-48-37-10-6-9-33-28-56(45(60)41(33)37)39-15-16-40(58)52-44(39)59/h6,9-14,18,23,27,29,31-32,38-39,48H,1-5,7-8,15-17,19-20,22,24-26,28H2,(H,52,58,59)(H2,49,51,53,54). The van der Waals surface area contributed by atoms with E-state index in [0.717, 1.165) is 110 Å². The Morgan fingerprint density at radius 2 is 1.77 bits per heavy atom. The van der Waals surface area contributed by atoms with Gasteiger partial charge in [-0.15, -0.1) is 0 Å². The number of aromatic nitrogens is 5. The Morgan fingerprint density at radius 1 is 0.933 bits per heavy atom. The van der Waals surface area contributed by atoms with Crippen molar-refractivity contribution in [3.63, 3.8) is 0 Å². The molecule has 1 saturated carbocycles. The lowest BCUT2D eigenvalue weighted by atomic mass is 9.89. The molecule has 3 aromatic heterocycles. The third-order valence-corrected chi connectivity index (χ3v) is 13.1. The number of aromatic amines is 1. The van der Waals surface area contributed by atoms with Crippen LogP contribution in [0.25, 0.3) is 22.3 Å². The molecule has 2 unspecified atom stereocenters. The predicted molar refractivity (Wildman–Crippen MR) is 229 cm³/mol. The van der Waals surface area contributed by atoms with Crippen molar-refractivity contribution in [2.75, 3.05) is 36.8 Å². The van der Waals surface area contributed by atoms with Crippen LogP contribution in [-0.4, -0.2) is 84.5 Å². The van der Waals surface area contributed by atoms with Crippen LogP contribution in [0.15, 0.2) is 67.1 Å². The molecule has 3 fully saturated rings. The molecule has 14 nitrogen and oxygen atoms in total. The zero-order valence-corrected chi connectivity index (χ0v) is 34.0. The molecule has 3 amide bonds. The molecule has 0 radical (unpaired) electrons. The van der Waals surface area contributed by atoms with Crippen molar-refractivity contribution in [1.29, 1.82) is 5.26 Å². The molecule has 3 aliphatic heterocycles. The van der Waals surface area contributed by atoms with Crippen molar-refractivity contribution < 1.29 is 14.4 Å². The lowest BCUT2D eigenvalue weighted by Crippen LogP contribution is -2.52. The average Bonchev–Trinajstić information content (AvgIpc) is 4.10. The van der Waals surface area contributed by atoms with Gasteiger partial charge in [-0.1, -0.05) is 43.5 Å². The lowest BCUT2D eigenvalue weighted by molar-refractivity contribution is -0.136. The number of carbonyl (C=O) groups excluding carboxylic acids is 3. The lowest BCUT2D eigenvalue weighted by Gasteiger charge is -2.32. The highest BCUT2D eigenvalue weighted by Gasteiger charge is 2.40. The summed E-state index contributed by atoms with van der Waals surface area (Å²) in [5.41, 5.74) is 7.17. The molecule has 1 aliphatic carbocycles. The summed E-state index contributed by atoms with van der Waals surface area (Å²) in [7, 11) is 0. The number of benzene rings is 2. The topological polar surface area (TPSA) is 177 Å². The van der Waals surface area contributed by atoms with Crippen molar-refractivity contribution in [2.45, 2.75) is 102 Å². The second kappa shape index (κ2) is 17.6. The number of piperidine rings is 2. The number of H-pyrrole nitrogens is 1. The van der Waals surface area contributed by atoms with E-state index >= 15 is 0 Å². The van der Waals surface area contributed by atoms with Gasteiger partial charge >= 0.3 is 0 Å². The third kappa shape index (κ3) is 8.36. The van der Waals surface area contributed by atoms with Gasteiger partial charge in [0.25, 0.3) is 5.91 Å². The highest BCUT2D eigenvalue weighted by molar-refractivity contribution is 6.07. The number of likely N-dealkylation sites (tertiary alicyclic amines) is 1. The summed E-state index contributed by atoms with van der Waals surface area (Å²) in [5.74, 6) is 0.729. The van der Waals surface area contributed by atoms with Gasteiger partial charge in [0.1, 0.15) is 11.7 Å². The molecule has 2 saturated heterocycles. The summed E-state index contributed by atoms with van der Waals surface area (Å²) in [5, 5.41) is 24.5. The van der Waals surface area contributed by atoms with E-state index in [-0.39, 0.29) is 30.2 Å². The van der Waals surface area contributed by atoms with E-state index in [1.54, 1.807) is 4.90 Å². The largest absolute Gasteiger partial charge is 0.384 e. The first-order valence-electron chi connectivity index (χ1n) is 21.8. The fraction of sp³-hybridized carbons (Fsp3) is 0.457. The quantitative estimate of drug-likeness (QED) is 0.0615. The molecule has 2 aromatic carbocycles. The number of hydrogen-bond donors (Lipinski definition) is 4.